The summed E-state index contributed by atoms with van der Waals surface area (Å²) >= 11 is 1.46. The molecular formula is C16H18N2O2S. The maximum Gasteiger partial charge on any atom is 0.360 e. The van der Waals surface area contributed by atoms with Crippen LogP contribution in [0.4, 0.5) is 5.00 Å². The molecule has 21 heavy (non-hydrogen) atoms. The SMILES string of the molecule is CCOC(=O)c1ncsc1NC1CCc2ccccc2C1. The summed E-state index contributed by atoms with van der Waals surface area (Å²) in [6.45, 7) is 2.17. The second-order valence-electron chi connectivity index (χ2n) is 5.10. The molecule has 4 nitrogen and oxygen atoms in total. The van der Waals surface area contributed by atoms with Crippen LogP contribution in [0.25, 0.3) is 0 Å². The minimum atomic E-state index is -0.350. The topological polar surface area (TPSA) is 51.2 Å². The van der Waals surface area contributed by atoms with Gasteiger partial charge in [0.05, 0.1) is 12.1 Å². The van der Waals surface area contributed by atoms with Crippen LogP contribution in [-0.2, 0) is 17.6 Å². The molecule has 1 unspecified atom stereocenters. The Labute approximate surface area is 128 Å². The number of aryl methyl sites for hydroxylation is 1. The Morgan fingerprint density at radius 1 is 1.43 bits per heavy atom. The molecule has 110 valence electrons. The molecule has 1 aromatic carbocycles. The first-order valence-corrected chi connectivity index (χ1v) is 8.09. The van der Waals surface area contributed by atoms with Gasteiger partial charge in [-0.2, -0.15) is 0 Å². The van der Waals surface area contributed by atoms with Crippen molar-refractivity contribution in [3.8, 4) is 0 Å². The van der Waals surface area contributed by atoms with E-state index in [2.05, 4.69) is 34.6 Å². The van der Waals surface area contributed by atoms with Gasteiger partial charge in [0.25, 0.3) is 0 Å². The van der Waals surface area contributed by atoms with Crippen molar-refractivity contribution in [2.75, 3.05) is 11.9 Å². The summed E-state index contributed by atoms with van der Waals surface area (Å²) in [5.41, 5.74) is 4.92. The summed E-state index contributed by atoms with van der Waals surface area (Å²) in [6, 6.07) is 8.89. The summed E-state index contributed by atoms with van der Waals surface area (Å²) in [4.78, 5) is 16.0. The van der Waals surface area contributed by atoms with E-state index < -0.39 is 0 Å². The lowest BCUT2D eigenvalue weighted by Gasteiger charge is -2.25. The molecule has 0 bridgehead atoms. The standard InChI is InChI=1S/C16H18N2O2S/c1-2-20-16(19)14-15(21-10-17-14)18-13-8-7-11-5-3-4-6-12(11)9-13/h3-6,10,13,18H,2,7-9H2,1H3. The van der Waals surface area contributed by atoms with Gasteiger partial charge in [-0.05, 0) is 37.3 Å². The number of fused-ring (bicyclic) bond motifs is 1. The number of rotatable bonds is 4. The number of aromatic nitrogens is 1. The number of esters is 1. The molecule has 1 atom stereocenters. The lowest BCUT2D eigenvalue weighted by Crippen LogP contribution is -2.27. The number of nitrogens with one attached hydrogen (secondary N) is 1. The Bertz CT molecular complexity index is 639. The Kier molecular flexibility index (Phi) is 4.20. The zero-order valence-corrected chi connectivity index (χ0v) is 12.8. The Balaban J connectivity index is 1.71. The van der Waals surface area contributed by atoms with E-state index in [1.54, 1.807) is 12.4 Å². The molecular weight excluding hydrogens is 284 g/mol. The Morgan fingerprint density at radius 3 is 3.05 bits per heavy atom. The molecule has 0 radical (unpaired) electrons. The highest BCUT2D eigenvalue weighted by Gasteiger charge is 2.22. The van der Waals surface area contributed by atoms with Gasteiger partial charge in [-0.1, -0.05) is 24.3 Å². The van der Waals surface area contributed by atoms with Crippen molar-refractivity contribution < 1.29 is 9.53 Å². The number of benzene rings is 1. The number of thiazole rings is 1. The van der Waals surface area contributed by atoms with E-state index in [9.17, 15) is 4.79 Å². The minimum absolute atomic E-state index is 0.341. The number of anilines is 1. The van der Waals surface area contributed by atoms with Crippen molar-refractivity contribution in [3.05, 3.63) is 46.6 Å². The molecule has 0 saturated heterocycles. The highest BCUT2D eigenvalue weighted by atomic mass is 32.1. The van der Waals surface area contributed by atoms with Gasteiger partial charge in [0.1, 0.15) is 5.00 Å². The number of carbonyl (C=O) groups is 1. The number of carbonyl (C=O) groups excluding carboxylic acids is 1. The fraction of sp³-hybridized carbons (Fsp3) is 0.375. The maximum absolute atomic E-state index is 11.8. The molecule has 0 amide bonds. The zero-order chi connectivity index (χ0) is 14.7. The van der Waals surface area contributed by atoms with E-state index in [-0.39, 0.29) is 5.97 Å². The number of nitrogens with zero attached hydrogens (tertiary/aromatic N) is 1. The van der Waals surface area contributed by atoms with E-state index in [0.717, 1.165) is 24.3 Å². The molecule has 0 fully saturated rings. The van der Waals surface area contributed by atoms with Crippen LogP contribution in [0.1, 0.15) is 35.0 Å². The van der Waals surface area contributed by atoms with E-state index >= 15 is 0 Å². The maximum atomic E-state index is 11.8. The van der Waals surface area contributed by atoms with Crippen LogP contribution in [-0.4, -0.2) is 23.6 Å². The van der Waals surface area contributed by atoms with Gasteiger partial charge in [-0.3, -0.25) is 0 Å². The van der Waals surface area contributed by atoms with Crippen molar-refractivity contribution in [3.63, 3.8) is 0 Å². The smallest absolute Gasteiger partial charge is 0.360 e. The molecule has 2 aromatic rings. The van der Waals surface area contributed by atoms with E-state index in [0.29, 0.717) is 18.3 Å². The van der Waals surface area contributed by atoms with Crippen LogP contribution >= 0.6 is 11.3 Å². The summed E-state index contributed by atoms with van der Waals surface area (Å²) in [6.07, 6.45) is 3.12. The van der Waals surface area contributed by atoms with Crippen LogP contribution in [0.15, 0.2) is 29.8 Å². The van der Waals surface area contributed by atoms with Gasteiger partial charge in [-0.15, -0.1) is 11.3 Å². The molecule has 0 spiro atoms. The van der Waals surface area contributed by atoms with Crippen molar-refractivity contribution >= 4 is 22.3 Å². The predicted octanol–water partition coefficient (Wildman–Crippen LogP) is 3.29. The molecule has 1 N–H and O–H groups in total. The first kappa shape index (κ1) is 14.1. The lowest BCUT2D eigenvalue weighted by atomic mass is 9.88. The van der Waals surface area contributed by atoms with Crippen LogP contribution in [0, 0.1) is 0 Å². The molecule has 5 heteroatoms. The summed E-state index contributed by atoms with van der Waals surface area (Å²) < 4.78 is 5.04. The summed E-state index contributed by atoms with van der Waals surface area (Å²) in [7, 11) is 0. The van der Waals surface area contributed by atoms with Crippen LogP contribution in [0.2, 0.25) is 0 Å². The first-order valence-electron chi connectivity index (χ1n) is 7.22. The molecule has 1 aliphatic rings. The van der Waals surface area contributed by atoms with Gasteiger partial charge >= 0.3 is 5.97 Å². The number of hydrogen-bond donors (Lipinski definition) is 1. The molecule has 3 rings (SSSR count). The third kappa shape index (κ3) is 3.08. The summed E-state index contributed by atoms with van der Waals surface area (Å²) in [5, 5.41) is 4.28. The van der Waals surface area contributed by atoms with Gasteiger partial charge in [0.15, 0.2) is 5.69 Å². The number of ether oxygens (including phenoxy) is 1. The van der Waals surface area contributed by atoms with E-state index in [1.807, 2.05) is 0 Å². The third-order valence-electron chi connectivity index (χ3n) is 3.72. The Morgan fingerprint density at radius 2 is 2.24 bits per heavy atom. The van der Waals surface area contributed by atoms with Crippen LogP contribution < -0.4 is 5.32 Å². The monoisotopic (exact) mass is 302 g/mol. The average Bonchev–Trinajstić information content (AvgIpc) is 2.95. The largest absolute Gasteiger partial charge is 0.461 e. The molecule has 1 aliphatic carbocycles. The number of hydrogen-bond acceptors (Lipinski definition) is 5. The van der Waals surface area contributed by atoms with Gasteiger partial charge in [-0.25, -0.2) is 9.78 Å². The van der Waals surface area contributed by atoms with Crippen molar-refractivity contribution in [1.82, 2.24) is 4.98 Å². The van der Waals surface area contributed by atoms with E-state index in [1.165, 1.54) is 22.5 Å². The second-order valence-corrected chi connectivity index (χ2v) is 5.96. The molecule has 0 aliphatic heterocycles. The van der Waals surface area contributed by atoms with E-state index in [4.69, 9.17) is 4.74 Å². The fourth-order valence-corrected chi connectivity index (χ4v) is 3.45. The summed E-state index contributed by atoms with van der Waals surface area (Å²) in [5.74, 6) is -0.350. The lowest BCUT2D eigenvalue weighted by molar-refractivity contribution is 0.0521. The van der Waals surface area contributed by atoms with Crippen molar-refractivity contribution in [2.24, 2.45) is 0 Å². The average molecular weight is 302 g/mol. The second kappa shape index (κ2) is 6.26. The van der Waals surface area contributed by atoms with Gasteiger partial charge in [0.2, 0.25) is 0 Å². The van der Waals surface area contributed by atoms with Crippen LogP contribution in [0.3, 0.4) is 0 Å². The zero-order valence-electron chi connectivity index (χ0n) is 12.0. The van der Waals surface area contributed by atoms with Gasteiger partial charge in [0, 0.05) is 6.04 Å². The normalized spacial score (nSPS) is 17.1. The quantitative estimate of drug-likeness (QED) is 0.881. The van der Waals surface area contributed by atoms with Gasteiger partial charge < -0.3 is 10.1 Å². The first-order chi connectivity index (χ1) is 10.3. The Hall–Kier alpha value is -1.88. The highest BCUT2D eigenvalue weighted by molar-refractivity contribution is 7.14. The molecule has 1 aromatic heterocycles. The third-order valence-corrected chi connectivity index (χ3v) is 4.48. The molecule has 1 heterocycles. The fourth-order valence-electron chi connectivity index (χ4n) is 2.70. The van der Waals surface area contributed by atoms with Crippen molar-refractivity contribution in [2.45, 2.75) is 32.2 Å². The predicted molar refractivity (Wildman–Crippen MR) is 83.9 cm³/mol. The van der Waals surface area contributed by atoms with Crippen molar-refractivity contribution in [1.29, 1.82) is 0 Å². The molecule has 0 saturated carbocycles. The highest BCUT2D eigenvalue weighted by Crippen LogP contribution is 2.27. The minimum Gasteiger partial charge on any atom is -0.461 e. The van der Waals surface area contributed by atoms with Crippen LogP contribution in [0.5, 0.6) is 0 Å².